The molecule has 0 saturated heterocycles. The second-order valence-electron chi connectivity index (χ2n) is 5.07. The Balaban J connectivity index is 2.08. The lowest BCUT2D eigenvalue weighted by molar-refractivity contribution is -0.121. The molecule has 0 atom stereocenters. The maximum atomic E-state index is 11.8. The van der Waals surface area contributed by atoms with Crippen molar-refractivity contribution in [3.63, 3.8) is 0 Å². The molecule has 22 heavy (non-hydrogen) atoms. The lowest BCUT2D eigenvalue weighted by Gasteiger charge is -2.07. The molecule has 0 spiro atoms. The Morgan fingerprint density at radius 3 is 2.27 bits per heavy atom. The number of halogens is 1. The second kappa shape index (κ2) is 11.0. The van der Waals surface area contributed by atoms with Gasteiger partial charge in [0.15, 0.2) is 0 Å². The van der Waals surface area contributed by atoms with E-state index in [4.69, 9.17) is 17.3 Å². The van der Waals surface area contributed by atoms with E-state index in [1.807, 2.05) is 0 Å². The standard InChI is InChI=1S/C16H24ClN3O2/c17-14-8-6-13(7-9-14)16(22)20-12-11-19-15(21)5-3-1-2-4-10-18/h6-9H,1-5,10-12,18H2,(H,19,21)(H,20,22). The molecule has 0 aromatic heterocycles. The van der Waals surface area contributed by atoms with E-state index in [9.17, 15) is 9.59 Å². The van der Waals surface area contributed by atoms with Crippen molar-refractivity contribution in [2.45, 2.75) is 32.1 Å². The summed E-state index contributed by atoms with van der Waals surface area (Å²) in [5.74, 6) is -0.152. The molecule has 0 heterocycles. The van der Waals surface area contributed by atoms with E-state index in [2.05, 4.69) is 10.6 Å². The van der Waals surface area contributed by atoms with Crippen molar-refractivity contribution >= 4 is 23.4 Å². The maximum Gasteiger partial charge on any atom is 0.251 e. The number of nitrogens with two attached hydrogens (primary N) is 1. The minimum Gasteiger partial charge on any atom is -0.354 e. The molecule has 1 aromatic carbocycles. The average molecular weight is 326 g/mol. The molecule has 1 aromatic rings. The summed E-state index contributed by atoms with van der Waals surface area (Å²) in [6.07, 6.45) is 4.51. The van der Waals surface area contributed by atoms with Crippen LogP contribution in [-0.4, -0.2) is 31.4 Å². The van der Waals surface area contributed by atoms with Crippen LogP contribution in [0.15, 0.2) is 24.3 Å². The van der Waals surface area contributed by atoms with E-state index in [-0.39, 0.29) is 11.8 Å². The molecule has 0 saturated carbocycles. The molecule has 0 aliphatic heterocycles. The zero-order valence-corrected chi connectivity index (χ0v) is 13.5. The Hall–Kier alpha value is -1.59. The van der Waals surface area contributed by atoms with Crippen LogP contribution < -0.4 is 16.4 Å². The quantitative estimate of drug-likeness (QED) is 0.576. The number of benzene rings is 1. The van der Waals surface area contributed by atoms with Gasteiger partial charge in [0.05, 0.1) is 0 Å². The third kappa shape index (κ3) is 8.00. The number of amides is 2. The monoisotopic (exact) mass is 325 g/mol. The van der Waals surface area contributed by atoms with Gasteiger partial charge in [0, 0.05) is 30.1 Å². The summed E-state index contributed by atoms with van der Waals surface area (Å²) in [5.41, 5.74) is 5.96. The Kier molecular flexibility index (Phi) is 9.26. The number of nitrogens with one attached hydrogen (secondary N) is 2. The second-order valence-corrected chi connectivity index (χ2v) is 5.50. The van der Waals surface area contributed by atoms with E-state index < -0.39 is 0 Å². The molecule has 0 fully saturated rings. The van der Waals surface area contributed by atoms with Gasteiger partial charge in [0.2, 0.25) is 5.91 Å². The van der Waals surface area contributed by atoms with Gasteiger partial charge in [-0.1, -0.05) is 24.4 Å². The molecule has 0 radical (unpaired) electrons. The smallest absolute Gasteiger partial charge is 0.251 e. The fourth-order valence-electron chi connectivity index (χ4n) is 1.95. The number of carbonyl (C=O) groups excluding carboxylic acids is 2. The summed E-state index contributed by atoms with van der Waals surface area (Å²) in [6.45, 7) is 1.54. The van der Waals surface area contributed by atoms with Crippen LogP contribution in [0.5, 0.6) is 0 Å². The molecule has 0 aliphatic carbocycles. The molecular formula is C16H24ClN3O2. The van der Waals surface area contributed by atoms with E-state index in [0.29, 0.717) is 36.6 Å². The van der Waals surface area contributed by atoms with Gasteiger partial charge >= 0.3 is 0 Å². The molecule has 2 amide bonds. The average Bonchev–Trinajstić information content (AvgIpc) is 2.52. The molecule has 0 aliphatic rings. The summed E-state index contributed by atoms with van der Waals surface area (Å²) < 4.78 is 0. The Labute approximate surface area is 136 Å². The first-order chi connectivity index (χ1) is 10.6. The van der Waals surface area contributed by atoms with Gasteiger partial charge in [0.1, 0.15) is 0 Å². The van der Waals surface area contributed by atoms with E-state index in [1.165, 1.54) is 0 Å². The molecule has 122 valence electrons. The van der Waals surface area contributed by atoms with Gasteiger partial charge in [-0.15, -0.1) is 0 Å². The van der Waals surface area contributed by atoms with Crippen LogP contribution in [-0.2, 0) is 4.79 Å². The van der Waals surface area contributed by atoms with Crippen molar-refractivity contribution < 1.29 is 9.59 Å². The van der Waals surface area contributed by atoms with E-state index >= 15 is 0 Å². The van der Waals surface area contributed by atoms with Crippen LogP contribution in [0.3, 0.4) is 0 Å². The van der Waals surface area contributed by atoms with Crippen LogP contribution in [0.25, 0.3) is 0 Å². The van der Waals surface area contributed by atoms with Crippen LogP contribution in [0, 0.1) is 0 Å². The number of carbonyl (C=O) groups is 2. The van der Waals surface area contributed by atoms with Crippen molar-refractivity contribution in [2.24, 2.45) is 5.73 Å². The zero-order chi connectivity index (χ0) is 16.2. The third-order valence-corrected chi connectivity index (χ3v) is 3.45. The van der Waals surface area contributed by atoms with Gasteiger partial charge in [-0.25, -0.2) is 0 Å². The molecule has 0 unspecified atom stereocenters. The van der Waals surface area contributed by atoms with Crippen LogP contribution in [0.4, 0.5) is 0 Å². The fourth-order valence-corrected chi connectivity index (χ4v) is 2.08. The van der Waals surface area contributed by atoms with Crippen molar-refractivity contribution in [1.82, 2.24) is 10.6 Å². The van der Waals surface area contributed by atoms with Crippen molar-refractivity contribution in [1.29, 1.82) is 0 Å². The number of rotatable bonds is 10. The summed E-state index contributed by atoms with van der Waals surface area (Å²) in [7, 11) is 0. The van der Waals surface area contributed by atoms with Crippen molar-refractivity contribution in [3.05, 3.63) is 34.9 Å². The highest BCUT2D eigenvalue weighted by atomic mass is 35.5. The summed E-state index contributed by atoms with van der Waals surface area (Å²) in [4.78, 5) is 23.4. The minimum absolute atomic E-state index is 0.0218. The van der Waals surface area contributed by atoms with Crippen LogP contribution in [0.2, 0.25) is 5.02 Å². The molecule has 1 rings (SSSR count). The largest absolute Gasteiger partial charge is 0.354 e. The van der Waals surface area contributed by atoms with Gasteiger partial charge in [0.25, 0.3) is 5.91 Å². The number of unbranched alkanes of at least 4 members (excludes halogenated alkanes) is 3. The van der Waals surface area contributed by atoms with E-state index in [0.717, 1.165) is 25.7 Å². The molecule has 6 heteroatoms. The lowest BCUT2D eigenvalue weighted by Crippen LogP contribution is -2.34. The SMILES string of the molecule is NCCCCCCC(=O)NCCNC(=O)c1ccc(Cl)cc1. The zero-order valence-electron chi connectivity index (χ0n) is 12.7. The number of hydrogen-bond donors (Lipinski definition) is 3. The predicted molar refractivity (Wildman–Crippen MR) is 88.9 cm³/mol. The fraction of sp³-hybridized carbons (Fsp3) is 0.500. The molecule has 0 bridgehead atoms. The van der Waals surface area contributed by atoms with Crippen molar-refractivity contribution in [3.8, 4) is 0 Å². The first kappa shape index (κ1) is 18.5. The van der Waals surface area contributed by atoms with E-state index in [1.54, 1.807) is 24.3 Å². The highest BCUT2D eigenvalue weighted by Gasteiger charge is 2.05. The maximum absolute atomic E-state index is 11.8. The first-order valence-electron chi connectivity index (χ1n) is 7.64. The van der Waals surface area contributed by atoms with Crippen molar-refractivity contribution in [2.75, 3.05) is 19.6 Å². The lowest BCUT2D eigenvalue weighted by atomic mass is 10.1. The minimum atomic E-state index is -0.173. The van der Waals surface area contributed by atoms with Gasteiger partial charge in [-0.05, 0) is 43.7 Å². The third-order valence-electron chi connectivity index (χ3n) is 3.20. The molecule has 5 nitrogen and oxygen atoms in total. The van der Waals surface area contributed by atoms with Gasteiger partial charge in [-0.2, -0.15) is 0 Å². The normalized spacial score (nSPS) is 10.3. The molecular weight excluding hydrogens is 302 g/mol. The van der Waals surface area contributed by atoms with Crippen LogP contribution >= 0.6 is 11.6 Å². The van der Waals surface area contributed by atoms with Crippen LogP contribution in [0.1, 0.15) is 42.5 Å². The predicted octanol–water partition coefficient (Wildman–Crippen LogP) is 2.10. The van der Waals surface area contributed by atoms with Gasteiger partial charge < -0.3 is 16.4 Å². The first-order valence-corrected chi connectivity index (χ1v) is 8.02. The number of hydrogen-bond acceptors (Lipinski definition) is 3. The highest BCUT2D eigenvalue weighted by Crippen LogP contribution is 2.09. The summed E-state index contributed by atoms with van der Waals surface area (Å²) >= 11 is 5.76. The molecule has 4 N–H and O–H groups in total. The summed E-state index contributed by atoms with van der Waals surface area (Å²) in [6, 6.07) is 6.67. The topological polar surface area (TPSA) is 84.2 Å². The highest BCUT2D eigenvalue weighted by molar-refractivity contribution is 6.30. The Morgan fingerprint density at radius 2 is 1.59 bits per heavy atom. The summed E-state index contributed by atoms with van der Waals surface area (Å²) in [5, 5.41) is 6.13. The Bertz CT molecular complexity index is 463. The van der Waals surface area contributed by atoms with Gasteiger partial charge in [-0.3, -0.25) is 9.59 Å². The Morgan fingerprint density at radius 1 is 0.955 bits per heavy atom.